The van der Waals surface area contributed by atoms with Crippen LogP contribution in [-0.4, -0.2) is 43.4 Å². The lowest BCUT2D eigenvalue weighted by molar-refractivity contribution is 0.0295. The van der Waals surface area contributed by atoms with Gasteiger partial charge in [0.1, 0.15) is 10.9 Å². The molecule has 1 atom stereocenters. The molecule has 7 heteroatoms. The minimum atomic E-state index is -4.56. The van der Waals surface area contributed by atoms with E-state index in [0.717, 1.165) is 0 Å². The summed E-state index contributed by atoms with van der Waals surface area (Å²) in [6, 6.07) is 0. The number of likely N-dealkylation sites (tertiary alicyclic amines) is 1. The molecule has 1 unspecified atom stereocenters. The number of nitrogens with zero attached hydrogens (tertiary/aromatic N) is 1. The van der Waals surface area contributed by atoms with Crippen molar-refractivity contribution < 1.29 is 21.8 Å². The maximum absolute atomic E-state index is 12.7. The normalized spacial score (nSPS) is 22.2. The van der Waals surface area contributed by atoms with Gasteiger partial charge in [0, 0.05) is 13.1 Å². The van der Waals surface area contributed by atoms with Gasteiger partial charge in [-0.25, -0.2) is 4.79 Å². The minimum Gasteiger partial charge on any atom is -0.444 e. The highest BCUT2D eigenvalue weighted by Crippen LogP contribution is 2.20. The molecular weight excluding hydrogens is 237 g/mol. The van der Waals surface area contributed by atoms with Gasteiger partial charge in [-0.3, -0.25) is 0 Å². The fourth-order valence-electron chi connectivity index (χ4n) is 1.45. The van der Waals surface area contributed by atoms with Gasteiger partial charge in [0.15, 0.2) is 0 Å². The fourth-order valence-corrected chi connectivity index (χ4v) is 2.20. The first kappa shape index (κ1) is 13.2. The van der Waals surface area contributed by atoms with Crippen molar-refractivity contribution in [3.63, 3.8) is 0 Å². The van der Waals surface area contributed by atoms with E-state index in [0.29, 0.717) is 0 Å². The number of amides is 1. The van der Waals surface area contributed by atoms with Crippen molar-refractivity contribution in [2.45, 2.75) is 38.0 Å². The second kappa shape index (κ2) is 4.20. The van der Waals surface area contributed by atoms with Gasteiger partial charge in [-0.1, -0.05) is 0 Å². The number of halogens is 1. The quantitative estimate of drug-likeness (QED) is 0.661. The average Bonchev–Trinajstić information content (AvgIpc) is 2.46. The third kappa shape index (κ3) is 3.62. The zero-order valence-electron chi connectivity index (χ0n) is 9.57. The van der Waals surface area contributed by atoms with Crippen molar-refractivity contribution in [1.29, 1.82) is 0 Å². The van der Waals surface area contributed by atoms with Crippen LogP contribution in [0.5, 0.6) is 0 Å². The van der Waals surface area contributed by atoms with E-state index in [9.17, 15) is 17.1 Å². The van der Waals surface area contributed by atoms with Crippen LogP contribution in [0.2, 0.25) is 0 Å². The van der Waals surface area contributed by atoms with Gasteiger partial charge in [-0.2, -0.15) is 8.42 Å². The van der Waals surface area contributed by atoms with Crippen LogP contribution >= 0.6 is 0 Å². The SMILES string of the molecule is CC(C)(C)OC(=O)N1CCC(S(=O)(=O)F)C1. The zero-order valence-corrected chi connectivity index (χ0v) is 10.4. The molecule has 0 radical (unpaired) electrons. The van der Waals surface area contributed by atoms with Gasteiger partial charge in [0.2, 0.25) is 0 Å². The van der Waals surface area contributed by atoms with E-state index in [-0.39, 0.29) is 19.5 Å². The highest BCUT2D eigenvalue weighted by Gasteiger charge is 2.36. The Labute approximate surface area is 94.8 Å². The van der Waals surface area contributed by atoms with Crippen LogP contribution in [0.3, 0.4) is 0 Å². The second-order valence-electron chi connectivity index (χ2n) is 4.81. The summed E-state index contributed by atoms with van der Waals surface area (Å²) in [5.74, 6) is 0. The van der Waals surface area contributed by atoms with Gasteiger partial charge >= 0.3 is 16.3 Å². The second-order valence-corrected chi connectivity index (χ2v) is 6.43. The summed E-state index contributed by atoms with van der Waals surface area (Å²) in [4.78, 5) is 12.7. The number of hydrogen-bond acceptors (Lipinski definition) is 4. The topological polar surface area (TPSA) is 63.7 Å². The molecule has 1 aliphatic heterocycles. The highest BCUT2D eigenvalue weighted by atomic mass is 32.3. The van der Waals surface area contributed by atoms with E-state index in [2.05, 4.69) is 0 Å². The maximum atomic E-state index is 12.7. The molecule has 94 valence electrons. The first-order valence-electron chi connectivity index (χ1n) is 5.01. The average molecular weight is 253 g/mol. The maximum Gasteiger partial charge on any atom is 0.410 e. The van der Waals surface area contributed by atoms with Gasteiger partial charge in [0.25, 0.3) is 0 Å². The lowest BCUT2D eigenvalue weighted by atomic mass is 10.2. The summed E-state index contributed by atoms with van der Waals surface area (Å²) >= 11 is 0. The van der Waals surface area contributed by atoms with Gasteiger partial charge < -0.3 is 9.64 Å². The van der Waals surface area contributed by atoms with Crippen LogP contribution in [0.25, 0.3) is 0 Å². The molecule has 1 aliphatic rings. The summed E-state index contributed by atoms with van der Waals surface area (Å²) < 4.78 is 39.0. The Kier molecular flexibility index (Phi) is 3.47. The van der Waals surface area contributed by atoms with E-state index in [1.54, 1.807) is 20.8 Å². The Hall–Kier alpha value is -0.850. The van der Waals surface area contributed by atoms with Gasteiger partial charge in [-0.05, 0) is 27.2 Å². The Morgan fingerprint density at radius 3 is 2.38 bits per heavy atom. The largest absolute Gasteiger partial charge is 0.444 e. The standard InChI is InChI=1S/C9H16FNO4S/c1-9(2,3)15-8(12)11-5-4-7(6-11)16(10,13)14/h7H,4-6H2,1-3H3. The number of ether oxygens (including phenoxy) is 1. The molecule has 0 N–H and O–H groups in total. The van der Waals surface area contributed by atoms with Gasteiger partial charge in [0.05, 0.1) is 0 Å². The predicted octanol–water partition coefficient (Wildman–Crippen LogP) is 1.30. The molecule has 0 spiro atoms. The smallest absolute Gasteiger partial charge is 0.410 e. The molecule has 1 amide bonds. The van der Waals surface area contributed by atoms with Crippen LogP contribution < -0.4 is 0 Å². The molecule has 0 aromatic heterocycles. The molecule has 5 nitrogen and oxygen atoms in total. The molecule has 1 saturated heterocycles. The molecule has 16 heavy (non-hydrogen) atoms. The molecule has 0 aromatic carbocycles. The monoisotopic (exact) mass is 253 g/mol. The van der Waals surface area contributed by atoms with Crippen molar-refractivity contribution >= 4 is 16.3 Å². The Bertz CT molecular complexity index is 373. The summed E-state index contributed by atoms with van der Waals surface area (Å²) in [7, 11) is -4.56. The third-order valence-corrected chi connectivity index (χ3v) is 3.38. The van der Waals surface area contributed by atoms with Crippen LogP contribution in [0, 0.1) is 0 Å². The van der Waals surface area contributed by atoms with Crippen molar-refractivity contribution in [2.24, 2.45) is 0 Å². The van der Waals surface area contributed by atoms with Crippen molar-refractivity contribution in [3.8, 4) is 0 Å². The van der Waals surface area contributed by atoms with Crippen LogP contribution in [0.1, 0.15) is 27.2 Å². The highest BCUT2D eigenvalue weighted by molar-refractivity contribution is 7.87. The van der Waals surface area contributed by atoms with Crippen molar-refractivity contribution in [3.05, 3.63) is 0 Å². The van der Waals surface area contributed by atoms with E-state index in [1.165, 1.54) is 4.90 Å². The number of rotatable bonds is 1. The van der Waals surface area contributed by atoms with E-state index in [4.69, 9.17) is 4.74 Å². The molecular formula is C9H16FNO4S. The van der Waals surface area contributed by atoms with Crippen LogP contribution in [-0.2, 0) is 15.0 Å². The van der Waals surface area contributed by atoms with E-state index >= 15 is 0 Å². The number of hydrogen-bond donors (Lipinski definition) is 0. The molecule has 0 aliphatic carbocycles. The van der Waals surface area contributed by atoms with Gasteiger partial charge in [-0.15, -0.1) is 3.89 Å². The molecule has 1 fully saturated rings. The van der Waals surface area contributed by atoms with Crippen molar-refractivity contribution in [1.82, 2.24) is 4.90 Å². The molecule has 1 heterocycles. The van der Waals surface area contributed by atoms with E-state index in [1.807, 2.05) is 0 Å². The zero-order chi connectivity index (χ0) is 12.6. The number of carbonyl (C=O) groups excluding carboxylic acids is 1. The first-order chi connectivity index (χ1) is 7.09. The lowest BCUT2D eigenvalue weighted by Crippen LogP contribution is -2.36. The molecule has 1 rings (SSSR count). The summed E-state index contributed by atoms with van der Waals surface area (Å²) in [5.41, 5.74) is -0.635. The van der Waals surface area contributed by atoms with Crippen molar-refractivity contribution in [2.75, 3.05) is 13.1 Å². The predicted molar refractivity (Wildman–Crippen MR) is 56.2 cm³/mol. The fraction of sp³-hybridized carbons (Fsp3) is 0.889. The number of carbonyl (C=O) groups is 1. The summed E-state index contributed by atoms with van der Waals surface area (Å²) in [5, 5.41) is -1.11. The molecule has 0 saturated carbocycles. The third-order valence-electron chi connectivity index (χ3n) is 2.19. The summed E-state index contributed by atoms with van der Waals surface area (Å²) in [6.45, 7) is 5.22. The Morgan fingerprint density at radius 1 is 1.44 bits per heavy atom. The molecule has 0 aromatic rings. The van der Waals surface area contributed by atoms with Crippen LogP contribution in [0.15, 0.2) is 0 Å². The first-order valence-corrected chi connectivity index (χ1v) is 6.45. The van der Waals surface area contributed by atoms with Crippen LogP contribution in [0.4, 0.5) is 8.68 Å². The Morgan fingerprint density at radius 2 is 2.00 bits per heavy atom. The minimum absolute atomic E-state index is 0.123. The Balaban J connectivity index is 2.57. The van der Waals surface area contributed by atoms with E-state index < -0.39 is 27.2 Å². The summed E-state index contributed by atoms with van der Waals surface area (Å²) in [6.07, 6.45) is -0.475. The lowest BCUT2D eigenvalue weighted by Gasteiger charge is -2.24. The molecule has 0 bridgehead atoms.